The van der Waals surface area contributed by atoms with Gasteiger partial charge in [0.05, 0.1) is 5.03 Å². The number of rotatable bonds is 2. The van der Waals surface area contributed by atoms with E-state index in [1.165, 1.54) is 0 Å². The highest BCUT2D eigenvalue weighted by atomic mass is 35.5. The van der Waals surface area contributed by atoms with Crippen molar-refractivity contribution < 1.29 is 4.79 Å². The minimum atomic E-state index is -0.297. The highest BCUT2D eigenvalue weighted by molar-refractivity contribution is 6.41. The molecule has 0 radical (unpaired) electrons. The monoisotopic (exact) mass is 133 g/mol. The molecule has 0 aliphatic carbocycles. The van der Waals surface area contributed by atoms with Crippen LogP contribution < -0.4 is 5.32 Å². The van der Waals surface area contributed by atoms with Crippen molar-refractivity contribution in [3.8, 4) is 0 Å². The molecule has 2 nitrogen and oxygen atoms in total. The smallest absolute Gasteiger partial charge is 0.262 e. The SMILES string of the molecule is C=C(Cl)C(=O)NCC. The van der Waals surface area contributed by atoms with Crippen LogP contribution in [-0.2, 0) is 4.79 Å². The van der Waals surface area contributed by atoms with Gasteiger partial charge in [0, 0.05) is 6.54 Å². The van der Waals surface area contributed by atoms with Crippen LogP contribution in [0.1, 0.15) is 6.92 Å². The molecule has 0 aromatic carbocycles. The summed E-state index contributed by atoms with van der Waals surface area (Å²) in [5.74, 6) is -0.297. The van der Waals surface area contributed by atoms with Crippen LogP contribution in [0.2, 0.25) is 0 Å². The van der Waals surface area contributed by atoms with Gasteiger partial charge in [-0.2, -0.15) is 0 Å². The Labute approximate surface area is 53.5 Å². The molecule has 0 spiro atoms. The largest absolute Gasteiger partial charge is 0.352 e. The molecule has 0 aliphatic heterocycles. The van der Waals surface area contributed by atoms with Crippen molar-refractivity contribution in [3.63, 3.8) is 0 Å². The summed E-state index contributed by atoms with van der Waals surface area (Å²) in [6.45, 7) is 5.63. The van der Waals surface area contributed by atoms with Crippen LogP contribution in [0.5, 0.6) is 0 Å². The lowest BCUT2D eigenvalue weighted by molar-refractivity contribution is -0.116. The first-order valence-electron chi connectivity index (χ1n) is 2.31. The van der Waals surface area contributed by atoms with E-state index in [9.17, 15) is 4.79 Å². The minimum absolute atomic E-state index is 0.0341. The van der Waals surface area contributed by atoms with Gasteiger partial charge in [-0.3, -0.25) is 4.79 Å². The van der Waals surface area contributed by atoms with Crippen LogP contribution in [-0.4, -0.2) is 12.5 Å². The number of nitrogens with one attached hydrogen (secondary N) is 1. The summed E-state index contributed by atoms with van der Waals surface area (Å²) in [6.07, 6.45) is 0. The lowest BCUT2D eigenvalue weighted by atomic mass is 10.5. The quantitative estimate of drug-likeness (QED) is 0.557. The summed E-state index contributed by atoms with van der Waals surface area (Å²) in [7, 11) is 0. The first kappa shape index (κ1) is 7.50. The van der Waals surface area contributed by atoms with Crippen LogP contribution in [0, 0.1) is 0 Å². The number of hydrogen-bond acceptors (Lipinski definition) is 1. The summed E-state index contributed by atoms with van der Waals surface area (Å²) < 4.78 is 0. The van der Waals surface area contributed by atoms with E-state index in [0.717, 1.165) is 0 Å². The topological polar surface area (TPSA) is 29.1 Å². The van der Waals surface area contributed by atoms with Crippen molar-refractivity contribution in [2.45, 2.75) is 6.92 Å². The summed E-state index contributed by atoms with van der Waals surface area (Å²) in [5, 5.41) is 2.51. The third kappa shape index (κ3) is 2.64. The number of amides is 1. The predicted octanol–water partition coefficient (Wildman–Crippen LogP) is 0.875. The van der Waals surface area contributed by atoms with Gasteiger partial charge in [0.25, 0.3) is 5.91 Å². The van der Waals surface area contributed by atoms with Crippen molar-refractivity contribution >= 4 is 17.5 Å². The first-order valence-corrected chi connectivity index (χ1v) is 2.69. The van der Waals surface area contributed by atoms with E-state index in [2.05, 4.69) is 11.9 Å². The molecule has 3 heteroatoms. The van der Waals surface area contributed by atoms with Crippen molar-refractivity contribution in [2.75, 3.05) is 6.54 Å². The van der Waals surface area contributed by atoms with Gasteiger partial charge in [0.15, 0.2) is 0 Å². The van der Waals surface area contributed by atoms with Gasteiger partial charge in [-0.1, -0.05) is 18.2 Å². The summed E-state index contributed by atoms with van der Waals surface area (Å²) in [4.78, 5) is 10.4. The van der Waals surface area contributed by atoms with E-state index < -0.39 is 0 Å². The minimum Gasteiger partial charge on any atom is -0.352 e. The second-order valence-corrected chi connectivity index (χ2v) is 1.72. The van der Waals surface area contributed by atoms with Crippen LogP contribution in [0.15, 0.2) is 11.6 Å². The van der Waals surface area contributed by atoms with Gasteiger partial charge in [-0.25, -0.2) is 0 Å². The Morgan fingerprint density at radius 1 is 1.88 bits per heavy atom. The number of hydrogen-bond donors (Lipinski definition) is 1. The van der Waals surface area contributed by atoms with Gasteiger partial charge >= 0.3 is 0 Å². The molecule has 46 valence electrons. The molecule has 1 amide bonds. The molecule has 0 aliphatic rings. The molecule has 0 aromatic rings. The molecule has 0 heterocycles. The number of carbonyl (C=O) groups is 1. The van der Waals surface area contributed by atoms with Gasteiger partial charge in [0.1, 0.15) is 0 Å². The van der Waals surface area contributed by atoms with Crippen molar-refractivity contribution in [1.82, 2.24) is 5.32 Å². The lowest BCUT2D eigenvalue weighted by Crippen LogP contribution is -2.21. The van der Waals surface area contributed by atoms with Crippen LogP contribution in [0.4, 0.5) is 0 Å². The molecule has 0 atom stereocenters. The summed E-state index contributed by atoms with van der Waals surface area (Å²) >= 11 is 5.20. The molecule has 0 unspecified atom stereocenters. The van der Waals surface area contributed by atoms with Gasteiger partial charge < -0.3 is 5.32 Å². The van der Waals surface area contributed by atoms with Crippen molar-refractivity contribution in [1.29, 1.82) is 0 Å². The Kier molecular flexibility index (Phi) is 3.28. The van der Waals surface area contributed by atoms with Crippen LogP contribution >= 0.6 is 11.6 Å². The average Bonchev–Trinajstić information content (AvgIpc) is 1.67. The molecule has 0 bridgehead atoms. The fraction of sp³-hybridized carbons (Fsp3) is 0.400. The zero-order chi connectivity index (χ0) is 6.57. The maximum atomic E-state index is 10.4. The van der Waals surface area contributed by atoms with Crippen molar-refractivity contribution in [2.24, 2.45) is 0 Å². The Bertz CT molecular complexity index is 111. The van der Waals surface area contributed by atoms with Crippen LogP contribution in [0.25, 0.3) is 0 Å². The molecule has 0 saturated heterocycles. The van der Waals surface area contributed by atoms with Crippen LogP contribution in [0.3, 0.4) is 0 Å². The van der Waals surface area contributed by atoms with Gasteiger partial charge in [-0.15, -0.1) is 0 Å². The van der Waals surface area contributed by atoms with E-state index in [-0.39, 0.29) is 10.9 Å². The van der Waals surface area contributed by atoms with E-state index in [4.69, 9.17) is 11.6 Å². The average molecular weight is 134 g/mol. The summed E-state index contributed by atoms with van der Waals surface area (Å²) in [6, 6.07) is 0. The normalized spacial score (nSPS) is 8.25. The number of halogens is 1. The predicted molar refractivity (Wildman–Crippen MR) is 33.7 cm³/mol. The fourth-order valence-electron chi connectivity index (χ4n) is 0.256. The molecule has 1 N–H and O–H groups in total. The zero-order valence-corrected chi connectivity index (χ0v) is 5.46. The highest BCUT2D eigenvalue weighted by Gasteiger charge is 1.97. The summed E-state index contributed by atoms with van der Waals surface area (Å²) in [5.41, 5.74) is 0. The molecule has 0 saturated carbocycles. The number of likely N-dealkylation sites (N-methyl/N-ethyl adjacent to an activating group) is 1. The Balaban J connectivity index is 3.49. The zero-order valence-electron chi connectivity index (χ0n) is 4.70. The first-order chi connectivity index (χ1) is 3.68. The molecule has 0 aromatic heterocycles. The third-order valence-corrected chi connectivity index (χ3v) is 0.755. The number of carbonyl (C=O) groups excluding carboxylic acids is 1. The van der Waals surface area contributed by atoms with Gasteiger partial charge in [0.2, 0.25) is 0 Å². The molecular weight excluding hydrogens is 126 g/mol. The molecule has 8 heavy (non-hydrogen) atoms. The van der Waals surface area contributed by atoms with E-state index in [1.54, 1.807) is 0 Å². The van der Waals surface area contributed by atoms with E-state index in [0.29, 0.717) is 6.54 Å². The third-order valence-electron chi connectivity index (χ3n) is 0.584. The highest BCUT2D eigenvalue weighted by Crippen LogP contribution is 1.93. The van der Waals surface area contributed by atoms with Crippen molar-refractivity contribution in [3.05, 3.63) is 11.6 Å². The van der Waals surface area contributed by atoms with Gasteiger partial charge in [-0.05, 0) is 6.92 Å². The second-order valence-electron chi connectivity index (χ2n) is 1.26. The lowest BCUT2D eigenvalue weighted by Gasteiger charge is -1.95. The second kappa shape index (κ2) is 3.50. The molecule has 0 rings (SSSR count). The Morgan fingerprint density at radius 2 is 2.38 bits per heavy atom. The van der Waals surface area contributed by atoms with E-state index >= 15 is 0 Å². The fourth-order valence-corrected chi connectivity index (χ4v) is 0.323. The maximum Gasteiger partial charge on any atom is 0.262 e. The standard InChI is InChI=1S/C5H8ClNO/c1-3-7-5(8)4(2)6/h2-3H2,1H3,(H,7,8). The molecular formula is C5H8ClNO. The Hall–Kier alpha value is -0.500. The Morgan fingerprint density at radius 3 is 2.50 bits per heavy atom. The molecule has 0 fully saturated rings. The maximum absolute atomic E-state index is 10.4. The van der Waals surface area contributed by atoms with E-state index in [1.807, 2.05) is 6.92 Å².